The number of nitrogens with two attached hydrogens (primary N) is 1. The molecule has 1 saturated carbocycles. The molecule has 0 aliphatic heterocycles. The van der Waals surface area contributed by atoms with Crippen LogP contribution in [0.2, 0.25) is 0 Å². The van der Waals surface area contributed by atoms with Crippen molar-refractivity contribution in [2.24, 2.45) is 11.1 Å². The largest absolute Gasteiger partial charge is 0.497 e. The molecule has 0 radical (unpaired) electrons. The Morgan fingerprint density at radius 1 is 1.33 bits per heavy atom. The fourth-order valence-electron chi connectivity index (χ4n) is 1.63. The molecule has 82 valence electrons. The summed E-state index contributed by atoms with van der Waals surface area (Å²) in [4.78, 5) is 0. The first-order chi connectivity index (χ1) is 7.28. The minimum absolute atomic E-state index is 0.375. The molecule has 1 aliphatic carbocycles. The lowest BCUT2D eigenvalue weighted by Gasteiger charge is -2.14. The third-order valence-corrected chi connectivity index (χ3v) is 3.15. The predicted molar refractivity (Wildman–Crippen MR) is 62.2 cm³/mol. The van der Waals surface area contributed by atoms with E-state index in [4.69, 9.17) is 10.5 Å². The van der Waals surface area contributed by atoms with E-state index in [2.05, 4.69) is 5.32 Å². The van der Waals surface area contributed by atoms with Gasteiger partial charge in [0.2, 0.25) is 0 Å². The summed E-state index contributed by atoms with van der Waals surface area (Å²) in [6, 6.07) is 7.99. The molecule has 1 aromatic carbocycles. The van der Waals surface area contributed by atoms with E-state index in [-0.39, 0.29) is 0 Å². The third-order valence-electron chi connectivity index (χ3n) is 3.15. The van der Waals surface area contributed by atoms with Crippen LogP contribution in [0.1, 0.15) is 12.8 Å². The van der Waals surface area contributed by atoms with Gasteiger partial charge in [0.05, 0.1) is 7.11 Å². The van der Waals surface area contributed by atoms with E-state index < -0.39 is 0 Å². The van der Waals surface area contributed by atoms with Crippen molar-refractivity contribution in [1.29, 1.82) is 0 Å². The van der Waals surface area contributed by atoms with Crippen LogP contribution < -0.4 is 15.8 Å². The third kappa shape index (κ3) is 2.42. The highest BCUT2D eigenvalue weighted by Crippen LogP contribution is 2.44. The van der Waals surface area contributed by atoms with Gasteiger partial charge in [-0.2, -0.15) is 0 Å². The maximum Gasteiger partial charge on any atom is 0.119 e. The minimum atomic E-state index is 0.375. The first-order valence-corrected chi connectivity index (χ1v) is 5.36. The lowest BCUT2D eigenvalue weighted by molar-refractivity contribution is 0.415. The molecule has 0 amide bonds. The van der Waals surface area contributed by atoms with Gasteiger partial charge in [0.15, 0.2) is 0 Å². The molecule has 0 heterocycles. The summed E-state index contributed by atoms with van der Waals surface area (Å²) in [5.74, 6) is 0.889. The van der Waals surface area contributed by atoms with E-state index in [0.717, 1.165) is 24.5 Å². The Hall–Kier alpha value is -1.22. The quantitative estimate of drug-likeness (QED) is 0.773. The van der Waals surface area contributed by atoms with Gasteiger partial charge >= 0.3 is 0 Å². The van der Waals surface area contributed by atoms with Gasteiger partial charge in [0, 0.05) is 12.2 Å². The molecular weight excluding hydrogens is 188 g/mol. The molecule has 0 atom stereocenters. The predicted octanol–water partition coefficient (Wildman–Crippen LogP) is 1.85. The minimum Gasteiger partial charge on any atom is -0.497 e. The van der Waals surface area contributed by atoms with Crippen LogP contribution in [0.4, 0.5) is 5.69 Å². The summed E-state index contributed by atoms with van der Waals surface area (Å²) in [5.41, 5.74) is 7.23. The summed E-state index contributed by atoms with van der Waals surface area (Å²) < 4.78 is 5.10. The number of benzene rings is 1. The zero-order valence-corrected chi connectivity index (χ0v) is 9.12. The molecule has 1 aromatic rings. The number of hydrogen-bond donors (Lipinski definition) is 2. The summed E-state index contributed by atoms with van der Waals surface area (Å²) in [6.45, 7) is 1.77. The number of ether oxygens (including phenoxy) is 1. The van der Waals surface area contributed by atoms with Crippen LogP contribution in [0.15, 0.2) is 24.3 Å². The van der Waals surface area contributed by atoms with Crippen molar-refractivity contribution >= 4 is 5.69 Å². The monoisotopic (exact) mass is 206 g/mol. The highest BCUT2D eigenvalue weighted by molar-refractivity contribution is 5.46. The molecule has 0 bridgehead atoms. The lowest BCUT2D eigenvalue weighted by Crippen LogP contribution is -2.24. The van der Waals surface area contributed by atoms with Crippen LogP contribution >= 0.6 is 0 Å². The van der Waals surface area contributed by atoms with E-state index in [1.807, 2.05) is 24.3 Å². The maximum atomic E-state index is 5.72. The van der Waals surface area contributed by atoms with Crippen molar-refractivity contribution < 1.29 is 4.74 Å². The smallest absolute Gasteiger partial charge is 0.119 e. The zero-order chi connectivity index (χ0) is 10.7. The van der Waals surface area contributed by atoms with Gasteiger partial charge < -0.3 is 15.8 Å². The average Bonchev–Trinajstić information content (AvgIpc) is 3.08. The fraction of sp³-hybridized carbons (Fsp3) is 0.500. The Labute approximate surface area is 90.6 Å². The topological polar surface area (TPSA) is 47.3 Å². The number of nitrogens with one attached hydrogen (secondary N) is 1. The van der Waals surface area contributed by atoms with Crippen molar-refractivity contribution in [1.82, 2.24) is 0 Å². The molecule has 1 fully saturated rings. The van der Waals surface area contributed by atoms with Crippen molar-refractivity contribution in [3.8, 4) is 5.75 Å². The highest BCUT2D eigenvalue weighted by atomic mass is 16.5. The second kappa shape index (κ2) is 4.11. The summed E-state index contributed by atoms with van der Waals surface area (Å²) >= 11 is 0. The summed E-state index contributed by atoms with van der Waals surface area (Å²) in [6.07, 6.45) is 2.51. The van der Waals surface area contributed by atoms with Gasteiger partial charge in [-0.1, -0.05) is 0 Å². The fourth-order valence-corrected chi connectivity index (χ4v) is 1.63. The van der Waals surface area contributed by atoms with E-state index in [0.29, 0.717) is 5.41 Å². The number of anilines is 1. The Bertz CT molecular complexity index is 317. The van der Waals surface area contributed by atoms with Gasteiger partial charge in [-0.15, -0.1) is 0 Å². The molecule has 0 unspecified atom stereocenters. The van der Waals surface area contributed by atoms with Gasteiger partial charge in [-0.25, -0.2) is 0 Å². The Kier molecular flexibility index (Phi) is 2.82. The van der Waals surface area contributed by atoms with Crippen LogP contribution in [-0.2, 0) is 0 Å². The molecular formula is C12H18N2O. The lowest BCUT2D eigenvalue weighted by atomic mass is 10.1. The van der Waals surface area contributed by atoms with Crippen molar-refractivity contribution in [2.75, 3.05) is 25.5 Å². The second-order valence-electron chi connectivity index (χ2n) is 4.29. The molecule has 0 aromatic heterocycles. The molecule has 3 heteroatoms. The summed E-state index contributed by atoms with van der Waals surface area (Å²) in [7, 11) is 1.68. The molecule has 3 N–H and O–H groups in total. The summed E-state index contributed by atoms with van der Waals surface area (Å²) in [5, 5.41) is 3.41. The first kappa shape index (κ1) is 10.3. The Morgan fingerprint density at radius 2 is 2.00 bits per heavy atom. The van der Waals surface area contributed by atoms with Gasteiger partial charge in [0.1, 0.15) is 5.75 Å². The van der Waals surface area contributed by atoms with Crippen molar-refractivity contribution in [3.63, 3.8) is 0 Å². The van der Waals surface area contributed by atoms with Crippen molar-refractivity contribution in [2.45, 2.75) is 12.8 Å². The molecule has 3 nitrogen and oxygen atoms in total. The SMILES string of the molecule is COc1ccc(NCC2(CN)CC2)cc1. The van der Waals surface area contributed by atoms with Crippen molar-refractivity contribution in [3.05, 3.63) is 24.3 Å². The molecule has 15 heavy (non-hydrogen) atoms. The molecule has 0 saturated heterocycles. The van der Waals surface area contributed by atoms with Crippen LogP contribution in [-0.4, -0.2) is 20.2 Å². The van der Waals surface area contributed by atoms with Crippen LogP contribution in [0, 0.1) is 5.41 Å². The second-order valence-corrected chi connectivity index (χ2v) is 4.29. The van der Waals surface area contributed by atoms with E-state index in [1.54, 1.807) is 7.11 Å². The van der Waals surface area contributed by atoms with E-state index in [9.17, 15) is 0 Å². The molecule has 0 spiro atoms. The zero-order valence-electron chi connectivity index (χ0n) is 9.12. The maximum absolute atomic E-state index is 5.72. The molecule has 2 rings (SSSR count). The van der Waals surface area contributed by atoms with Gasteiger partial charge in [-0.3, -0.25) is 0 Å². The van der Waals surface area contributed by atoms with E-state index in [1.165, 1.54) is 12.8 Å². The number of methoxy groups -OCH3 is 1. The van der Waals surface area contributed by atoms with Gasteiger partial charge in [-0.05, 0) is 49.1 Å². The Morgan fingerprint density at radius 3 is 2.47 bits per heavy atom. The number of hydrogen-bond acceptors (Lipinski definition) is 3. The highest BCUT2D eigenvalue weighted by Gasteiger charge is 2.40. The number of rotatable bonds is 5. The van der Waals surface area contributed by atoms with Crippen LogP contribution in [0.3, 0.4) is 0 Å². The Balaban J connectivity index is 1.88. The van der Waals surface area contributed by atoms with Gasteiger partial charge in [0.25, 0.3) is 0 Å². The van der Waals surface area contributed by atoms with Crippen LogP contribution in [0.25, 0.3) is 0 Å². The van der Waals surface area contributed by atoms with Crippen LogP contribution in [0.5, 0.6) is 5.75 Å². The standard InChI is InChI=1S/C12H18N2O/c1-15-11-4-2-10(3-5-11)14-9-12(8-13)6-7-12/h2-5,14H,6-9,13H2,1H3. The normalized spacial score (nSPS) is 17.2. The molecule has 1 aliphatic rings. The first-order valence-electron chi connectivity index (χ1n) is 5.36. The average molecular weight is 206 g/mol. The van der Waals surface area contributed by atoms with E-state index >= 15 is 0 Å².